The predicted octanol–water partition coefficient (Wildman–Crippen LogP) is 3.69. The molecule has 0 radical (unpaired) electrons. The van der Waals surface area contributed by atoms with Crippen LogP contribution in [0.15, 0.2) is 48.5 Å². The zero-order valence-corrected chi connectivity index (χ0v) is 14.7. The highest BCUT2D eigenvalue weighted by atomic mass is 19.4. The minimum absolute atomic E-state index is 0.0121. The molecule has 1 saturated heterocycles. The van der Waals surface area contributed by atoms with E-state index in [1.165, 1.54) is 6.07 Å². The predicted molar refractivity (Wildman–Crippen MR) is 96.7 cm³/mol. The highest BCUT2D eigenvalue weighted by Crippen LogP contribution is 2.32. The van der Waals surface area contributed by atoms with Crippen LogP contribution in [-0.4, -0.2) is 42.1 Å². The molecule has 27 heavy (non-hydrogen) atoms. The van der Waals surface area contributed by atoms with Gasteiger partial charge < -0.3 is 14.9 Å². The Morgan fingerprint density at radius 1 is 1.00 bits per heavy atom. The van der Waals surface area contributed by atoms with Crippen LogP contribution >= 0.6 is 0 Å². The van der Waals surface area contributed by atoms with Crippen LogP contribution in [0.3, 0.4) is 0 Å². The number of piperazine rings is 1. The van der Waals surface area contributed by atoms with E-state index in [1.54, 1.807) is 29.2 Å². The van der Waals surface area contributed by atoms with Gasteiger partial charge in [-0.15, -0.1) is 0 Å². The van der Waals surface area contributed by atoms with Gasteiger partial charge in [-0.1, -0.05) is 24.3 Å². The van der Waals surface area contributed by atoms with Gasteiger partial charge in [-0.05, 0) is 36.2 Å². The third-order valence-corrected chi connectivity index (χ3v) is 4.77. The number of phenolic OH excluding ortho intramolecular Hbond substituents is 1. The van der Waals surface area contributed by atoms with Crippen molar-refractivity contribution < 1.29 is 23.1 Å². The molecule has 0 atom stereocenters. The number of carbonyl (C=O) groups is 1. The smallest absolute Gasteiger partial charge is 0.416 e. The summed E-state index contributed by atoms with van der Waals surface area (Å²) in [5.74, 6) is 0.168. The summed E-state index contributed by atoms with van der Waals surface area (Å²) in [6, 6.07) is 12.2. The Hall–Kier alpha value is -2.70. The highest BCUT2D eigenvalue weighted by molar-refractivity contribution is 5.77. The number of benzene rings is 2. The van der Waals surface area contributed by atoms with E-state index in [9.17, 15) is 23.1 Å². The van der Waals surface area contributed by atoms with Crippen molar-refractivity contribution in [3.63, 3.8) is 0 Å². The number of hydrogen-bond donors (Lipinski definition) is 1. The van der Waals surface area contributed by atoms with Gasteiger partial charge in [0.1, 0.15) is 5.75 Å². The molecule has 1 fully saturated rings. The minimum Gasteiger partial charge on any atom is -0.508 e. The maximum atomic E-state index is 12.9. The van der Waals surface area contributed by atoms with Crippen LogP contribution in [0.5, 0.6) is 5.75 Å². The number of para-hydroxylation sites is 1. The Bertz CT molecular complexity index is 800. The van der Waals surface area contributed by atoms with Crippen LogP contribution in [-0.2, 0) is 17.4 Å². The van der Waals surface area contributed by atoms with Crippen molar-refractivity contribution in [2.45, 2.75) is 19.0 Å². The number of carbonyl (C=O) groups excluding carboxylic acids is 1. The first kappa shape index (κ1) is 19.1. The van der Waals surface area contributed by atoms with Crippen LogP contribution < -0.4 is 4.90 Å². The van der Waals surface area contributed by atoms with Crippen LogP contribution in [0, 0.1) is 0 Å². The average Bonchev–Trinajstić information content (AvgIpc) is 2.67. The molecule has 0 unspecified atom stereocenters. The first-order chi connectivity index (χ1) is 12.8. The maximum absolute atomic E-state index is 12.9. The normalized spacial score (nSPS) is 15.1. The Labute approximate surface area is 155 Å². The Morgan fingerprint density at radius 2 is 1.70 bits per heavy atom. The van der Waals surface area contributed by atoms with Gasteiger partial charge in [-0.2, -0.15) is 13.2 Å². The van der Waals surface area contributed by atoms with Gasteiger partial charge in [0.25, 0.3) is 0 Å². The van der Waals surface area contributed by atoms with E-state index in [2.05, 4.69) is 0 Å². The number of aromatic hydroxyl groups is 1. The Balaban J connectivity index is 1.54. The second-order valence-electron chi connectivity index (χ2n) is 6.54. The molecule has 0 bridgehead atoms. The number of aryl methyl sites for hydroxylation is 1. The summed E-state index contributed by atoms with van der Waals surface area (Å²) in [5.41, 5.74) is 0.584. The van der Waals surface area contributed by atoms with E-state index >= 15 is 0 Å². The number of hydrogen-bond acceptors (Lipinski definition) is 3. The molecule has 2 aromatic rings. The zero-order chi connectivity index (χ0) is 19.4. The third kappa shape index (κ3) is 4.72. The highest BCUT2D eigenvalue weighted by Gasteiger charge is 2.31. The molecule has 7 heteroatoms. The molecule has 0 aromatic heterocycles. The number of rotatable bonds is 4. The summed E-state index contributed by atoms with van der Waals surface area (Å²) >= 11 is 0. The lowest BCUT2D eigenvalue weighted by Crippen LogP contribution is -2.48. The van der Waals surface area contributed by atoms with Crippen molar-refractivity contribution in [2.24, 2.45) is 0 Å². The van der Waals surface area contributed by atoms with Crippen LogP contribution in [0.1, 0.15) is 17.5 Å². The van der Waals surface area contributed by atoms with Crippen LogP contribution in [0.4, 0.5) is 18.9 Å². The van der Waals surface area contributed by atoms with E-state index < -0.39 is 11.7 Å². The standard InChI is InChI=1S/C20H21F3N2O2/c21-20(22,23)16-5-3-6-17(14-16)24-10-12-25(13-11-24)19(27)9-8-15-4-1-2-7-18(15)26/h1-7,14,26H,8-13H2. The molecule has 0 aliphatic carbocycles. The lowest BCUT2D eigenvalue weighted by Gasteiger charge is -2.36. The van der Waals surface area contributed by atoms with Gasteiger partial charge in [-0.25, -0.2) is 0 Å². The summed E-state index contributed by atoms with van der Waals surface area (Å²) < 4.78 is 38.6. The van der Waals surface area contributed by atoms with Crippen molar-refractivity contribution in [3.8, 4) is 5.75 Å². The minimum atomic E-state index is -4.36. The van der Waals surface area contributed by atoms with Crippen molar-refractivity contribution >= 4 is 11.6 Å². The molecule has 0 saturated carbocycles. The van der Waals surface area contributed by atoms with E-state index in [0.717, 1.165) is 17.7 Å². The first-order valence-electron chi connectivity index (χ1n) is 8.81. The fourth-order valence-corrected chi connectivity index (χ4v) is 3.21. The van der Waals surface area contributed by atoms with Gasteiger partial charge in [0.05, 0.1) is 5.56 Å². The molecule has 2 aromatic carbocycles. The lowest BCUT2D eigenvalue weighted by molar-refractivity contribution is -0.137. The summed E-state index contributed by atoms with van der Waals surface area (Å²) in [7, 11) is 0. The number of anilines is 1. The van der Waals surface area contributed by atoms with Crippen molar-refractivity contribution in [2.75, 3.05) is 31.1 Å². The van der Waals surface area contributed by atoms with E-state index in [1.807, 2.05) is 11.0 Å². The molecule has 1 heterocycles. The van der Waals surface area contributed by atoms with Gasteiger partial charge in [-0.3, -0.25) is 4.79 Å². The van der Waals surface area contributed by atoms with E-state index in [4.69, 9.17) is 0 Å². The molecular formula is C20H21F3N2O2. The van der Waals surface area contributed by atoms with Crippen molar-refractivity contribution in [3.05, 3.63) is 59.7 Å². The Morgan fingerprint density at radius 3 is 2.37 bits per heavy atom. The number of nitrogens with zero attached hydrogens (tertiary/aromatic N) is 2. The fraction of sp³-hybridized carbons (Fsp3) is 0.350. The molecule has 3 rings (SSSR count). The van der Waals surface area contributed by atoms with E-state index in [0.29, 0.717) is 44.7 Å². The molecule has 1 aliphatic heterocycles. The monoisotopic (exact) mass is 378 g/mol. The summed E-state index contributed by atoms with van der Waals surface area (Å²) in [6.45, 7) is 1.92. The largest absolute Gasteiger partial charge is 0.508 e. The van der Waals surface area contributed by atoms with E-state index in [-0.39, 0.29) is 11.7 Å². The van der Waals surface area contributed by atoms with Gasteiger partial charge in [0, 0.05) is 38.3 Å². The number of phenols is 1. The third-order valence-electron chi connectivity index (χ3n) is 4.77. The fourth-order valence-electron chi connectivity index (χ4n) is 3.21. The number of halogens is 3. The molecule has 0 spiro atoms. The van der Waals surface area contributed by atoms with Crippen LogP contribution in [0.25, 0.3) is 0 Å². The number of alkyl halides is 3. The lowest BCUT2D eigenvalue weighted by atomic mass is 10.1. The quantitative estimate of drug-likeness (QED) is 0.883. The van der Waals surface area contributed by atoms with Crippen molar-refractivity contribution in [1.82, 2.24) is 4.90 Å². The summed E-state index contributed by atoms with van der Waals surface area (Å²) in [4.78, 5) is 16.0. The second kappa shape index (κ2) is 7.90. The summed E-state index contributed by atoms with van der Waals surface area (Å²) in [6.07, 6.45) is -3.61. The molecular weight excluding hydrogens is 357 g/mol. The molecule has 144 valence electrons. The summed E-state index contributed by atoms with van der Waals surface area (Å²) in [5, 5.41) is 9.76. The molecule has 4 nitrogen and oxygen atoms in total. The second-order valence-corrected chi connectivity index (χ2v) is 6.54. The van der Waals surface area contributed by atoms with Gasteiger partial charge in [0.15, 0.2) is 0 Å². The maximum Gasteiger partial charge on any atom is 0.416 e. The molecule has 1 N–H and O–H groups in total. The van der Waals surface area contributed by atoms with Crippen molar-refractivity contribution in [1.29, 1.82) is 0 Å². The van der Waals surface area contributed by atoms with Gasteiger partial charge >= 0.3 is 6.18 Å². The average molecular weight is 378 g/mol. The first-order valence-corrected chi connectivity index (χ1v) is 8.81. The van der Waals surface area contributed by atoms with Gasteiger partial charge in [0.2, 0.25) is 5.91 Å². The zero-order valence-electron chi connectivity index (χ0n) is 14.7. The number of amides is 1. The molecule has 1 aliphatic rings. The Kier molecular flexibility index (Phi) is 5.58. The SMILES string of the molecule is O=C(CCc1ccccc1O)N1CCN(c2cccc(C(F)(F)F)c2)CC1. The molecule has 1 amide bonds. The van der Waals surface area contributed by atoms with Crippen LogP contribution in [0.2, 0.25) is 0 Å². The topological polar surface area (TPSA) is 43.8 Å².